The van der Waals surface area contributed by atoms with Gasteiger partial charge >= 0.3 is 5.97 Å². The average molecular weight is 232 g/mol. The summed E-state index contributed by atoms with van der Waals surface area (Å²) in [5, 5.41) is 0. The van der Waals surface area contributed by atoms with E-state index in [-0.39, 0.29) is 11.8 Å². The molecule has 0 heterocycles. The first-order valence-corrected chi connectivity index (χ1v) is 5.76. The minimum Gasteiger partial charge on any atom is -0.426 e. The summed E-state index contributed by atoms with van der Waals surface area (Å²) in [6.07, 6.45) is 1.35. The molecule has 0 spiro atoms. The number of esters is 1. The Bertz CT molecular complexity index is 481. The molecule has 0 radical (unpaired) electrons. The molecule has 0 atom stereocenters. The van der Waals surface area contributed by atoms with Gasteiger partial charge in [0.15, 0.2) is 5.78 Å². The number of Topliss-reactive ketones (excluding diaryl/α,β-unsaturated/α-hetero) is 1. The van der Waals surface area contributed by atoms with Gasteiger partial charge in [0.25, 0.3) is 0 Å². The molecule has 17 heavy (non-hydrogen) atoms. The van der Waals surface area contributed by atoms with E-state index in [1.165, 1.54) is 0 Å². The lowest BCUT2D eigenvalue weighted by Crippen LogP contribution is -2.25. The van der Waals surface area contributed by atoms with Gasteiger partial charge in [-0.3, -0.25) is 9.59 Å². The topological polar surface area (TPSA) is 43.4 Å². The molecular weight excluding hydrogens is 216 g/mol. The predicted octanol–water partition coefficient (Wildman–Crippen LogP) is 2.77. The van der Waals surface area contributed by atoms with Crippen LogP contribution >= 0.6 is 0 Å². The highest BCUT2D eigenvalue weighted by atomic mass is 16.5. The predicted molar refractivity (Wildman–Crippen MR) is 64.2 cm³/mol. The van der Waals surface area contributed by atoms with Crippen LogP contribution in [0.2, 0.25) is 0 Å². The van der Waals surface area contributed by atoms with Crippen molar-refractivity contribution in [1.82, 2.24) is 0 Å². The van der Waals surface area contributed by atoms with Crippen molar-refractivity contribution in [3.05, 3.63) is 29.3 Å². The van der Waals surface area contributed by atoms with Crippen LogP contribution in [0.1, 0.15) is 43.1 Å². The van der Waals surface area contributed by atoms with E-state index in [1.54, 1.807) is 32.9 Å². The highest BCUT2D eigenvalue weighted by Crippen LogP contribution is 2.27. The number of aryl methyl sites for hydroxylation is 1. The van der Waals surface area contributed by atoms with E-state index in [4.69, 9.17) is 4.74 Å². The lowest BCUT2D eigenvalue weighted by molar-refractivity contribution is -0.143. The summed E-state index contributed by atoms with van der Waals surface area (Å²) in [6.45, 7) is 5.40. The molecule has 1 aliphatic rings. The summed E-state index contributed by atoms with van der Waals surface area (Å²) in [7, 11) is 0. The van der Waals surface area contributed by atoms with E-state index in [0.717, 1.165) is 12.0 Å². The average Bonchev–Trinajstić information content (AvgIpc) is 2.59. The van der Waals surface area contributed by atoms with Gasteiger partial charge in [0, 0.05) is 12.0 Å². The second kappa shape index (κ2) is 3.99. The van der Waals surface area contributed by atoms with E-state index in [2.05, 4.69) is 0 Å². The van der Waals surface area contributed by atoms with Crippen molar-refractivity contribution in [2.45, 2.75) is 33.6 Å². The SMILES string of the molecule is CC(C)(C)C(=O)Oc1ccc2c(c1)C(=O)CC2. The second-order valence-corrected chi connectivity index (χ2v) is 5.38. The largest absolute Gasteiger partial charge is 0.426 e. The number of fused-ring (bicyclic) bond motifs is 1. The van der Waals surface area contributed by atoms with Gasteiger partial charge in [-0.05, 0) is 44.9 Å². The first kappa shape index (κ1) is 11.8. The number of hydrogen-bond acceptors (Lipinski definition) is 3. The van der Waals surface area contributed by atoms with Crippen LogP contribution in [0.4, 0.5) is 0 Å². The minimum atomic E-state index is -0.539. The second-order valence-electron chi connectivity index (χ2n) is 5.38. The van der Waals surface area contributed by atoms with Crippen LogP contribution in [0.25, 0.3) is 0 Å². The number of benzene rings is 1. The fourth-order valence-corrected chi connectivity index (χ4v) is 1.74. The molecule has 2 rings (SSSR count). The van der Waals surface area contributed by atoms with Crippen molar-refractivity contribution < 1.29 is 14.3 Å². The van der Waals surface area contributed by atoms with Crippen LogP contribution < -0.4 is 4.74 Å². The summed E-state index contributed by atoms with van der Waals surface area (Å²) < 4.78 is 5.26. The van der Waals surface area contributed by atoms with E-state index >= 15 is 0 Å². The molecule has 90 valence electrons. The third-order valence-electron chi connectivity index (χ3n) is 2.83. The lowest BCUT2D eigenvalue weighted by Gasteiger charge is -2.16. The number of ketones is 1. The van der Waals surface area contributed by atoms with Crippen LogP contribution in [0.5, 0.6) is 5.75 Å². The number of hydrogen-bond donors (Lipinski definition) is 0. The molecule has 0 amide bonds. The molecular formula is C14H16O3. The number of carbonyl (C=O) groups excluding carboxylic acids is 2. The van der Waals surface area contributed by atoms with Crippen LogP contribution in [0, 0.1) is 5.41 Å². The normalized spacial score (nSPS) is 14.6. The molecule has 3 nitrogen and oxygen atoms in total. The van der Waals surface area contributed by atoms with Gasteiger partial charge in [-0.2, -0.15) is 0 Å². The maximum absolute atomic E-state index is 11.7. The van der Waals surface area contributed by atoms with Crippen LogP contribution in [0.3, 0.4) is 0 Å². The molecule has 0 aromatic heterocycles. The Morgan fingerprint density at radius 1 is 1.24 bits per heavy atom. The molecule has 0 saturated carbocycles. The van der Waals surface area contributed by atoms with Crippen molar-refractivity contribution in [2.24, 2.45) is 5.41 Å². The van der Waals surface area contributed by atoms with Gasteiger partial charge in [-0.1, -0.05) is 6.07 Å². The monoisotopic (exact) mass is 232 g/mol. The number of rotatable bonds is 1. The summed E-state index contributed by atoms with van der Waals surface area (Å²) in [5.41, 5.74) is 1.21. The Labute approximate surface area is 101 Å². The number of ether oxygens (including phenoxy) is 1. The minimum absolute atomic E-state index is 0.133. The summed E-state index contributed by atoms with van der Waals surface area (Å²) in [6, 6.07) is 5.29. The van der Waals surface area contributed by atoms with E-state index in [1.807, 2.05) is 6.07 Å². The molecule has 3 heteroatoms. The van der Waals surface area contributed by atoms with Crippen molar-refractivity contribution >= 4 is 11.8 Å². The van der Waals surface area contributed by atoms with Crippen LogP contribution in [0.15, 0.2) is 18.2 Å². The maximum Gasteiger partial charge on any atom is 0.316 e. The molecule has 1 aromatic carbocycles. The van der Waals surface area contributed by atoms with Gasteiger partial charge in [0.05, 0.1) is 5.41 Å². The Morgan fingerprint density at radius 2 is 1.94 bits per heavy atom. The first-order valence-electron chi connectivity index (χ1n) is 5.76. The Kier molecular flexibility index (Phi) is 2.77. The zero-order valence-electron chi connectivity index (χ0n) is 10.4. The molecule has 0 fully saturated rings. The van der Waals surface area contributed by atoms with Crippen molar-refractivity contribution in [1.29, 1.82) is 0 Å². The zero-order chi connectivity index (χ0) is 12.6. The quantitative estimate of drug-likeness (QED) is 0.552. The molecule has 0 saturated heterocycles. The van der Waals surface area contributed by atoms with E-state index in [0.29, 0.717) is 17.7 Å². The van der Waals surface area contributed by atoms with Crippen molar-refractivity contribution in [2.75, 3.05) is 0 Å². The summed E-state index contributed by atoms with van der Waals surface area (Å²) in [5.74, 6) is 0.301. The van der Waals surface area contributed by atoms with Crippen molar-refractivity contribution in [3.63, 3.8) is 0 Å². The third-order valence-corrected chi connectivity index (χ3v) is 2.83. The maximum atomic E-state index is 11.7. The standard InChI is InChI=1S/C14H16O3/c1-14(2,3)13(16)17-10-6-4-9-5-7-12(15)11(9)8-10/h4,6,8H,5,7H2,1-3H3. The van der Waals surface area contributed by atoms with E-state index in [9.17, 15) is 9.59 Å². The van der Waals surface area contributed by atoms with Gasteiger partial charge in [0.2, 0.25) is 0 Å². The Hall–Kier alpha value is -1.64. The smallest absolute Gasteiger partial charge is 0.316 e. The summed E-state index contributed by atoms with van der Waals surface area (Å²) >= 11 is 0. The molecule has 1 aliphatic carbocycles. The first-order chi connectivity index (χ1) is 7.88. The zero-order valence-corrected chi connectivity index (χ0v) is 10.4. The lowest BCUT2D eigenvalue weighted by atomic mass is 9.97. The summed E-state index contributed by atoms with van der Waals surface area (Å²) in [4.78, 5) is 23.3. The highest BCUT2D eigenvalue weighted by Gasteiger charge is 2.25. The van der Waals surface area contributed by atoms with Crippen molar-refractivity contribution in [3.8, 4) is 5.75 Å². The fourth-order valence-electron chi connectivity index (χ4n) is 1.74. The molecule has 0 aliphatic heterocycles. The van der Waals surface area contributed by atoms with Crippen LogP contribution in [-0.2, 0) is 11.2 Å². The fraction of sp³-hybridized carbons (Fsp3) is 0.429. The molecule has 0 N–H and O–H groups in total. The molecule has 0 unspecified atom stereocenters. The number of carbonyl (C=O) groups is 2. The van der Waals surface area contributed by atoms with Gasteiger partial charge < -0.3 is 4.74 Å². The Morgan fingerprint density at radius 3 is 2.59 bits per heavy atom. The Balaban J connectivity index is 2.22. The van der Waals surface area contributed by atoms with Crippen LogP contribution in [-0.4, -0.2) is 11.8 Å². The molecule has 0 bridgehead atoms. The molecule has 1 aromatic rings. The van der Waals surface area contributed by atoms with E-state index < -0.39 is 5.41 Å². The van der Waals surface area contributed by atoms with Gasteiger partial charge in [0.1, 0.15) is 5.75 Å². The third kappa shape index (κ3) is 2.38. The van der Waals surface area contributed by atoms with Gasteiger partial charge in [-0.25, -0.2) is 0 Å². The van der Waals surface area contributed by atoms with Gasteiger partial charge in [-0.15, -0.1) is 0 Å². The highest BCUT2D eigenvalue weighted by molar-refractivity contribution is 6.00.